The first-order valence-electron chi connectivity index (χ1n) is 10.9. The highest BCUT2D eigenvalue weighted by atomic mass is 16.6. The van der Waals surface area contributed by atoms with Gasteiger partial charge in [-0.05, 0) is 62.2 Å². The third-order valence-corrected chi connectivity index (χ3v) is 7.19. The van der Waals surface area contributed by atoms with E-state index in [1.165, 1.54) is 0 Å². The minimum Gasteiger partial charge on any atom is -0.481 e. The molecule has 8 heteroatoms. The van der Waals surface area contributed by atoms with Crippen LogP contribution in [0.25, 0.3) is 0 Å². The Bertz CT molecular complexity index is 664. The fourth-order valence-corrected chi connectivity index (χ4v) is 6.12. The lowest BCUT2D eigenvalue weighted by atomic mass is 9.48. The van der Waals surface area contributed by atoms with E-state index < -0.39 is 17.5 Å². The lowest BCUT2D eigenvalue weighted by Crippen LogP contribution is -2.57. The molecule has 1 heterocycles. The summed E-state index contributed by atoms with van der Waals surface area (Å²) < 4.78 is 11.1. The average molecular weight is 408 g/mol. The molecule has 0 spiro atoms. The lowest BCUT2D eigenvalue weighted by molar-refractivity contribution is -0.179. The van der Waals surface area contributed by atoms with Gasteiger partial charge in [-0.1, -0.05) is 13.8 Å². The van der Waals surface area contributed by atoms with Crippen molar-refractivity contribution in [2.75, 3.05) is 19.7 Å². The van der Waals surface area contributed by atoms with Crippen molar-refractivity contribution in [1.29, 1.82) is 0 Å². The molecule has 0 aromatic heterocycles. The highest BCUT2D eigenvalue weighted by Gasteiger charge is 2.60. The summed E-state index contributed by atoms with van der Waals surface area (Å²) in [5.74, 6) is 0.361. The van der Waals surface area contributed by atoms with Crippen LogP contribution in [0.15, 0.2) is 0 Å². The number of hydrogen-bond donors (Lipinski definition) is 2. The molecule has 5 rings (SSSR count). The topological polar surface area (TPSA) is 105 Å². The molecule has 0 aromatic rings. The van der Waals surface area contributed by atoms with Gasteiger partial charge in [0.05, 0.1) is 18.1 Å². The Labute approximate surface area is 171 Å². The maximum atomic E-state index is 12.7. The summed E-state index contributed by atoms with van der Waals surface area (Å²) in [6.45, 7) is 5.27. The van der Waals surface area contributed by atoms with E-state index in [-0.39, 0.29) is 36.0 Å². The van der Waals surface area contributed by atoms with Gasteiger partial charge in [-0.25, -0.2) is 9.59 Å². The van der Waals surface area contributed by atoms with Gasteiger partial charge in [-0.3, -0.25) is 4.79 Å². The first kappa shape index (κ1) is 20.3. The van der Waals surface area contributed by atoms with Crippen molar-refractivity contribution in [3.05, 3.63) is 0 Å². The number of carbonyl (C=O) groups is 3. The zero-order valence-electron chi connectivity index (χ0n) is 17.3. The van der Waals surface area contributed by atoms with Crippen LogP contribution in [-0.2, 0) is 14.3 Å². The number of likely N-dealkylation sites (tertiary alicyclic amines) is 1. The largest absolute Gasteiger partial charge is 0.481 e. The van der Waals surface area contributed by atoms with E-state index in [0.29, 0.717) is 44.9 Å². The Morgan fingerprint density at radius 1 is 1.17 bits per heavy atom. The molecule has 5 fully saturated rings. The van der Waals surface area contributed by atoms with Crippen LogP contribution in [0.3, 0.4) is 0 Å². The van der Waals surface area contributed by atoms with Crippen LogP contribution in [0.5, 0.6) is 0 Å². The summed E-state index contributed by atoms with van der Waals surface area (Å²) in [5, 5.41) is 12.5. The Balaban J connectivity index is 1.29. The van der Waals surface area contributed by atoms with Crippen LogP contribution in [0.4, 0.5) is 9.59 Å². The zero-order valence-corrected chi connectivity index (χ0v) is 17.3. The van der Waals surface area contributed by atoms with Gasteiger partial charge in [-0.2, -0.15) is 0 Å². The zero-order chi connectivity index (χ0) is 20.8. The number of ether oxygens (including phenoxy) is 2. The number of nitrogens with zero attached hydrogens (tertiary/aromatic N) is 1. The summed E-state index contributed by atoms with van der Waals surface area (Å²) in [6, 6.07) is -0.129. The van der Waals surface area contributed by atoms with Gasteiger partial charge in [-0.15, -0.1) is 0 Å². The number of alkyl carbamates (subject to hydrolysis) is 1. The molecule has 4 saturated carbocycles. The van der Waals surface area contributed by atoms with Crippen molar-refractivity contribution in [1.82, 2.24) is 10.2 Å². The van der Waals surface area contributed by atoms with Crippen molar-refractivity contribution in [2.45, 2.75) is 64.5 Å². The molecule has 29 heavy (non-hydrogen) atoms. The first-order chi connectivity index (χ1) is 13.8. The number of hydrogen-bond acceptors (Lipinski definition) is 5. The summed E-state index contributed by atoms with van der Waals surface area (Å²) in [5.41, 5.74) is -0.599. The summed E-state index contributed by atoms with van der Waals surface area (Å²) in [6.07, 6.45) is 3.68. The Hall–Kier alpha value is -1.99. The van der Waals surface area contributed by atoms with E-state index in [9.17, 15) is 19.5 Å². The molecule has 2 unspecified atom stereocenters. The normalized spacial score (nSPS) is 37.6. The van der Waals surface area contributed by atoms with Gasteiger partial charge >= 0.3 is 18.2 Å². The molecule has 2 N–H and O–H groups in total. The number of rotatable bonds is 5. The van der Waals surface area contributed by atoms with E-state index in [1.807, 2.05) is 13.8 Å². The average Bonchev–Trinajstić information content (AvgIpc) is 3.10. The smallest absolute Gasteiger partial charge is 0.410 e. The third-order valence-electron chi connectivity index (χ3n) is 7.19. The minimum atomic E-state index is -0.681. The molecular weight excluding hydrogens is 376 g/mol. The molecule has 3 atom stereocenters. The number of carbonyl (C=O) groups excluding carboxylic acids is 2. The Kier molecular flexibility index (Phi) is 5.38. The van der Waals surface area contributed by atoms with Gasteiger partial charge in [0.25, 0.3) is 0 Å². The van der Waals surface area contributed by atoms with Crippen molar-refractivity contribution >= 4 is 18.2 Å². The van der Waals surface area contributed by atoms with Crippen LogP contribution in [0.2, 0.25) is 0 Å². The van der Waals surface area contributed by atoms with Crippen molar-refractivity contribution in [2.24, 2.45) is 29.1 Å². The van der Waals surface area contributed by atoms with Gasteiger partial charge in [0.1, 0.15) is 6.10 Å². The quantitative estimate of drug-likeness (QED) is 0.725. The number of amides is 2. The Morgan fingerprint density at radius 2 is 1.86 bits per heavy atom. The van der Waals surface area contributed by atoms with Crippen molar-refractivity contribution < 1.29 is 29.0 Å². The molecule has 0 radical (unpaired) electrons. The molecule has 4 bridgehead atoms. The second kappa shape index (κ2) is 7.69. The molecule has 1 saturated heterocycles. The summed E-state index contributed by atoms with van der Waals surface area (Å²) in [4.78, 5) is 38.1. The van der Waals surface area contributed by atoms with E-state index in [2.05, 4.69) is 5.32 Å². The minimum absolute atomic E-state index is 0.129. The van der Waals surface area contributed by atoms with Gasteiger partial charge in [0, 0.05) is 13.1 Å². The maximum Gasteiger partial charge on any atom is 0.410 e. The SMILES string of the molecule is CC(C)COC(=O)N[C@@H]1CCN(C(=O)OC2C3CC4CC2CC(C(=O)O)(C4)C3)C1. The summed E-state index contributed by atoms with van der Waals surface area (Å²) >= 11 is 0. The molecule has 0 aromatic carbocycles. The Morgan fingerprint density at radius 3 is 2.48 bits per heavy atom. The third kappa shape index (κ3) is 4.03. The van der Waals surface area contributed by atoms with E-state index in [0.717, 1.165) is 19.3 Å². The predicted molar refractivity (Wildman–Crippen MR) is 103 cm³/mol. The fourth-order valence-electron chi connectivity index (χ4n) is 6.12. The van der Waals surface area contributed by atoms with E-state index in [1.54, 1.807) is 4.90 Å². The van der Waals surface area contributed by atoms with Crippen molar-refractivity contribution in [3.8, 4) is 0 Å². The van der Waals surface area contributed by atoms with Crippen LogP contribution in [-0.4, -0.2) is 60.0 Å². The highest BCUT2D eigenvalue weighted by molar-refractivity contribution is 5.75. The van der Waals surface area contributed by atoms with Crippen LogP contribution < -0.4 is 5.32 Å². The number of carboxylic acids is 1. The second-order valence-corrected chi connectivity index (χ2v) is 9.97. The molecule has 4 aliphatic carbocycles. The van der Waals surface area contributed by atoms with Gasteiger partial charge in [0.2, 0.25) is 0 Å². The predicted octanol–water partition coefficient (Wildman–Crippen LogP) is 2.86. The number of aliphatic carboxylic acids is 1. The van der Waals surface area contributed by atoms with E-state index in [4.69, 9.17) is 9.47 Å². The number of carboxylic acid groups (broad SMARTS) is 1. The van der Waals surface area contributed by atoms with Gasteiger partial charge < -0.3 is 24.8 Å². The molecular formula is C21H32N2O6. The van der Waals surface area contributed by atoms with Crippen LogP contribution in [0, 0.1) is 29.1 Å². The molecule has 162 valence electrons. The molecule has 5 aliphatic rings. The molecule has 1 aliphatic heterocycles. The van der Waals surface area contributed by atoms with Crippen LogP contribution in [0.1, 0.15) is 52.4 Å². The number of nitrogens with one attached hydrogen (secondary N) is 1. The highest BCUT2D eigenvalue weighted by Crippen LogP contribution is 2.60. The van der Waals surface area contributed by atoms with E-state index >= 15 is 0 Å². The monoisotopic (exact) mass is 408 g/mol. The second-order valence-electron chi connectivity index (χ2n) is 9.97. The lowest BCUT2D eigenvalue weighted by Gasteiger charge is -2.57. The first-order valence-corrected chi connectivity index (χ1v) is 10.9. The van der Waals surface area contributed by atoms with Crippen molar-refractivity contribution in [3.63, 3.8) is 0 Å². The maximum absolute atomic E-state index is 12.7. The molecule has 8 nitrogen and oxygen atoms in total. The molecule has 2 amide bonds. The van der Waals surface area contributed by atoms with Crippen LogP contribution >= 0.6 is 0 Å². The fraction of sp³-hybridized carbons (Fsp3) is 0.857. The summed E-state index contributed by atoms with van der Waals surface area (Å²) in [7, 11) is 0. The standard InChI is InChI=1S/C21H32N2O6/c1-12(2)11-28-19(26)22-16-3-4-23(10-16)20(27)29-17-14-5-13-6-15(17)9-21(7-13,8-14)18(24)25/h12-17H,3-11H2,1-2H3,(H,22,26)(H,24,25)/t13?,14?,15?,16-,17?,21?/m1/s1. The van der Waals surface area contributed by atoms with Gasteiger partial charge in [0.15, 0.2) is 0 Å².